The molecule has 0 radical (unpaired) electrons. The molecule has 3 nitrogen and oxygen atoms in total. The Morgan fingerprint density at radius 1 is 0.929 bits per heavy atom. The highest BCUT2D eigenvalue weighted by Crippen LogP contribution is 2.38. The van der Waals surface area contributed by atoms with Gasteiger partial charge in [0, 0.05) is 23.6 Å². The van der Waals surface area contributed by atoms with Gasteiger partial charge in [0.05, 0.1) is 11.4 Å². The van der Waals surface area contributed by atoms with Gasteiger partial charge in [-0.15, -0.1) is 0 Å². The maximum atomic E-state index is 15.5. The van der Waals surface area contributed by atoms with Gasteiger partial charge in [-0.05, 0) is 62.3 Å². The fourth-order valence-corrected chi connectivity index (χ4v) is 3.83. The van der Waals surface area contributed by atoms with Gasteiger partial charge in [0.25, 0.3) is 0 Å². The normalized spacial score (nSPS) is 17.2. The van der Waals surface area contributed by atoms with Crippen molar-refractivity contribution >= 4 is 0 Å². The Morgan fingerprint density at radius 2 is 1.75 bits per heavy atom. The molecular formula is C22H20F3N3. The largest absolute Gasteiger partial charge is 0.302 e. The summed E-state index contributed by atoms with van der Waals surface area (Å²) in [7, 11) is 1.89. The number of hydrogen-bond acceptors (Lipinski definition) is 3. The van der Waals surface area contributed by atoms with Crippen molar-refractivity contribution in [3.8, 4) is 11.3 Å². The van der Waals surface area contributed by atoms with E-state index < -0.39 is 17.6 Å². The first-order chi connectivity index (χ1) is 13.5. The van der Waals surface area contributed by atoms with Gasteiger partial charge in [0.15, 0.2) is 11.6 Å². The van der Waals surface area contributed by atoms with Gasteiger partial charge in [-0.1, -0.05) is 18.2 Å². The van der Waals surface area contributed by atoms with Gasteiger partial charge in [0.2, 0.25) is 0 Å². The van der Waals surface area contributed by atoms with Crippen molar-refractivity contribution in [2.24, 2.45) is 0 Å². The summed E-state index contributed by atoms with van der Waals surface area (Å²) >= 11 is 0. The van der Waals surface area contributed by atoms with Crippen molar-refractivity contribution in [2.75, 3.05) is 13.6 Å². The topological polar surface area (TPSA) is 29.0 Å². The summed E-state index contributed by atoms with van der Waals surface area (Å²) in [6.07, 6.45) is 0.576. The van der Waals surface area contributed by atoms with Crippen LogP contribution in [-0.4, -0.2) is 28.7 Å². The zero-order valence-electron chi connectivity index (χ0n) is 15.7. The molecule has 0 N–H and O–H groups in total. The molecule has 28 heavy (non-hydrogen) atoms. The van der Waals surface area contributed by atoms with Gasteiger partial charge in [-0.25, -0.2) is 13.2 Å². The van der Waals surface area contributed by atoms with Crippen LogP contribution in [-0.2, 0) is 6.54 Å². The number of hydrogen-bond donors (Lipinski definition) is 0. The lowest BCUT2D eigenvalue weighted by Crippen LogP contribution is -2.18. The van der Waals surface area contributed by atoms with Crippen LogP contribution in [0.2, 0.25) is 0 Å². The molecule has 1 atom stereocenters. The van der Waals surface area contributed by atoms with Crippen LogP contribution in [0.1, 0.15) is 34.7 Å². The summed E-state index contributed by atoms with van der Waals surface area (Å²) in [5.41, 5.74) is 3.01. The van der Waals surface area contributed by atoms with E-state index in [0.717, 1.165) is 11.8 Å². The number of fused-ring (bicyclic) bond motifs is 1. The molecule has 0 saturated carbocycles. The molecule has 1 aliphatic rings. The Kier molecular flexibility index (Phi) is 4.89. The highest BCUT2D eigenvalue weighted by atomic mass is 19.2. The molecule has 4 rings (SSSR count). The average molecular weight is 383 g/mol. The molecule has 0 bridgehead atoms. The average Bonchev–Trinajstić information content (AvgIpc) is 2.85. The minimum Gasteiger partial charge on any atom is -0.302 e. The van der Waals surface area contributed by atoms with Gasteiger partial charge in [-0.2, -0.15) is 10.2 Å². The highest BCUT2D eigenvalue weighted by Gasteiger charge is 2.28. The molecule has 2 heterocycles. The molecule has 1 aromatic heterocycles. The van der Waals surface area contributed by atoms with Crippen molar-refractivity contribution in [2.45, 2.75) is 25.8 Å². The van der Waals surface area contributed by atoms with Crippen LogP contribution < -0.4 is 0 Å². The lowest BCUT2D eigenvalue weighted by Gasteiger charge is -2.20. The van der Waals surface area contributed by atoms with E-state index in [1.54, 1.807) is 24.3 Å². The second kappa shape index (κ2) is 7.36. The molecule has 0 amide bonds. The summed E-state index contributed by atoms with van der Waals surface area (Å²) in [4.78, 5) is 1.99. The number of aryl methyl sites for hydroxylation is 1. The highest BCUT2D eigenvalue weighted by molar-refractivity contribution is 5.62. The fraction of sp³-hybridized carbons (Fsp3) is 0.273. The first kappa shape index (κ1) is 18.6. The first-order valence-corrected chi connectivity index (χ1v) is 9.20. The Bertz CT molecular complexity index is 1020. The molecule has 0 fully saturated rings. The number of rotatable bonds is 2. The third kappa shape index (κ3) is 3.29. The van der Waals surface area contributed by atoms with Gasteiger partial charge < -0.3 is 4.90 Å². The van der Waals surface area contributed by atoms with Crippen LogP contribution >= 0.6 is 0 Å². The molecule has 2 aromatic carbocycles. The van der Waals surface area contributed by atoms with E-state index in [2.05, 4.69) is 10.2 Å². The Hall–Kier alpha value is -2.73. The van der Waals surface area contributed by atoms with Crippen molar-refractivity contribution < 1.29 is 13.2 Å². The lowest BCUT2D eigenvalue weighted by molar-refractivity contribution is 0.323. The maximum absolute atomic E-state index is 15.5. The molecule has 0 aliphatic carbocycles. The Labute approximate surface area is 161 Å². The standard InChI is InChI=1S/C22H20F3N3/c1-13-6-9-20(27-26-13)17-8-7-14-15(16-4-3-5-19(23)22(16)25)10-11-28(2)12-18(14)21(17)24/h3-9,15H,10-12H2,1-2H3. The molecule has 0 saturated heterocycles. The molecule has 0 spiro atoms. The van der Waals surface area contributed by atoms with Crippen LogP contribution in [0.25, 0.3) is 11.3 Å². The van der Waals surface area contributed by atoms with Crippen molar-refractivity contribution in [3.63, 3.8) is 0 Å². The third-order valence-electron chi connectivity index (χ3n) is 5.31. The second-order valence-corrected chi connectivity index (χ2v) is 7.28. The first-order valence-electron chi connectivity index (χ1n) is 9.20. The predicted octanol–water partition coefficient (Wildman–Crippen LogP) is 4.84. The molecule has 1 aliphatic heterocycles. The smallest absolute Gasteiger partial charge is 0.162 e. The lowest BCUT2D eigenvalue weighted by atomic mass is 9.85. The van der Waals surface area contributed by atoms with Crippen LogP contribution in [0.4, 0.5) is 13.2 Å². The van der Waals surface area contributed by atoms with E-state index in [4.69, 9.17) is 0 Å². The summed E-state index contributed by atoms with van der Waals surface area (Å²) in [5.74, 6) is -2.55. The van der Waals surface area contributed by atoms with Crippen LogP contribution in [0.15, 0.2) is 42.5 Å². The van der Waals surface area contributed by atoms with E-state index in [-0.39, 0.29) is 11.4 Å². The zero-order valence-corrected chi connectivity index (χ0v) is 15.7. The minimum atomic E-state index is -0.885. The molecule has 1 unspecified atom stereocenters. The van der Waals surface area contributed by atoms with Crippen LogP contribution in [0, 0.1) is 24.4 Å². The summed E-state index contributed by atoms with van der Waals surface area (Å²) in [6.45, 7) is 2.85. The van der Waals surface area contributed by atoms with Crippen molar-refractivity contribution in [1.29, 1.82) is 0 Å². The monoisotopic (exact) mass is 383 g/mol. The van der Waals surface area contributed by atoms with E-state index >= 15 is 4.39 Å². The summed E-state index contributed by atoms with van der Waals surface area (Å²) in [5, 5.41) is 8.10. The minimum absolute atomic E-state index is 0.263. The summed E-state index contributed by atoms with van der Waals surface area (Å²) in [6, 6.07) is 11.2. The fourth-order valence-electron chi connectivity index (χ4n) is 3.83. The van der Waals surface area contributed by atoms with Gasteiger partial charge >= 0.3 is 0 Å². The predicted molar refractivity (Wildman–Crippen MR) is 101 cm³/mol. The van der Waals surface area contributed by atoms with Gasteiger partial charge in [0.1, 0.15) is 5.82 Å². The second-order valence-electron chi connectivity index (χ2n) is 7.28. The Morgan fingerprint density at radius 3 is 2.50 bits per heavy atom. The molecule has 6 heteroatoms. The van der Waals surface area contributed by atoms with Crippen LogP contribution in [0.5, 0.6) is 0 Å². The molecule has 3 aromatic rings. The molecular weight excluding hydrogens is 363 g/mol. The van der Waals surface area contributed by atoms with Crippen LogP contribution in [0.3, 0.4) is 0 Å². The van der Waals surface area contributed by atoms with Crippen molar-refractivity contribution in [3.05, 3.63) is 82.3 Å². The summed E-state index contributed by atoms with van der Waals surface area (Å²) < 4.78 is 43.8. The maximum Gasteiger partial charge on any atom is 0.162 e. The SMILES string of the molecule is Cc1ccc(-c2ccc3c(c2F)CN(C)CCC3c2cccc(F)c2F)nn1. The van der Waals surface area contributed by atoms with E-state index in [0.29, 0.717) is 41.9 Å². The number of halogens is 3. The Balaban J connectivity index is 1.87. The quantitative estimate of drug-likeness (QED) is 0.634. The van der Waals surface area contributed by atoms with Crippen molar-refractivity contribution in [1.82, 2.24) is 15.1 Å². The van der Waals surface area contributed by atoms with E-state index in [1.165, 1.54) is 6.07 Å². The number of nitrogens with zero attached hydrogens (tertiary/aromatic N) is 3. The van der Waals surface area contributed by atoms with Gasteiger partial charge in [-0.3, -0.25) is 0 Å². The van der Waals surface area contributed by atoms with E-state index in [9.17, 15) is 8.78 Å². The van der Waals surface area contributed by atoms with E-state index in [1.807, 2.05) is 24.9 Å². The number of benzene rings is 2. The number of aromatic nitrogens is 2. The third-order valence-corrected chi connectivity index (χ3v) is 5.31. The molecule has 144 valence electrons. The zero-order chi connectivity index (χ0) is 19.8.